The SMILES string of the molecule is COc1cccc([C@H]2C=C(C)C3=COC[C@@H](C(C)(C)C)N4C(=O)[C@@H](CC(=O)O)OC2=C34)c1. The van der Waals surface area contributed by atoms with Gasteiger partial charge in [0.1, 0.15) is 18.1 Å². The Hall–Kier alpha value is -3.22. The van der Waals surface area contributed by atoms with Crippen molar-refractivity contribution in [1.82, 2.24) is 4.90 Å². The molecule has 0 radical (unpaired) electrons. The number of methoxy groups -OCH3 is 1. The van der Waals surface area contributed by atoms with E-state index in [0.717, 1.165) is 16.7 Å². The number of carbonyl (C=O) groups is 2. The topological polar surface area (TPSA) is 85.3 Å². The van der Waals surface area contributed by atoms with Gasteiger partial charge in [-0.2, -0.15) is 0 Å². The second-order valence-corrected chi connectivity index (χ2v) is 9.48. The van der Waals surface area contributed by atoms with E-state index in [4.69, 9.17) is 14.2 Å². The molecule has 1 aromatic rings. The summed E-state index contributed by atoms with van der Waals surface area (Å²) in [6, 6.07) is 7.39. The third-order valence-corrected chi connectivity index (χ3v) is 6.22. The van der Waals surface area contributed by atoms with E-state index >= 15 is 0 Å². The summed E-state index contributed by atoms with van der Waals surface area (Å²) in [6.07, 6.45) is 2.24. The Morgan fingerprint density at radius 1 is 1.31 bits per heavy atom. The number of aliphatic carboxylic acids is 1. The molecule has 1 aliphatic carbocycles. The van der Waals surface area contributed by atoms with Crippen molar-refractivity contribution in [1.29, 1.82) is 0 Å². The van der Waals surface area contributed by atoms with Gasteiger partial charge in [-0.25, -0.2) is 0 Å². The number of carboxylic acid groups (broad SMARTS) is 1. The Balaban J connectivity index is 1.93. The second kappa shape index (κ2) is 8.04. The normalized spacial score (nSPS) is 25.1. The molecule has 1 amide bonds. The molecule has 0 unspecified atom stereocenters. The summed E-state index contributed by atoms with van der Waals surface area (Å²) in [5.41, 5.74) is 3.05. The summed E-state index contributed by atoms with van der Waals surface area (Å²) in [6.45, 7) is 8.44. The maximum atomic E-state index is 13.6. The number of amides is 1. The van der Waals surface area contributed by atoms with Crippen molar-refractivity contribution in [2.75, 3.05) is 13.7 Å². The molecule has 0 bridgehead atoms. The quantitative estimate of drug-likeness (QED) is 0.764. The van der Waals surface area contributed by atoms with Crippen LogP contribution in [-0.2, 0) is 19.1 Å². The summed E-state index contributed by atoms with van der Waals surface area (Å²) in [5.74, 6) is -0.435. The average molecular weight is 440 g/mol. The molecule has 0 saturated carbocycles. The Morgan fingerprint density at radius 2 is 2.06 bits per heavy atom. The monoisotopic (exact) mass is 439 g/mol. The van der Waals surface area contributed by atoms with Gasteiger partial charge in [-0.05, 0) is 35.6 Å². The Labute approximate surface area is 187 Å². The van der Waals surface area contributed by atoms with Crippen molar-refractivity contribution in [2.24, 2.45) is 5.41 Å². The predicted molar refractivity (Wildman–Crippen MR) is 118 cm³/mol. The van der Waals surface area contributed by atoms with Crippen LogP contribution in [0.15, 0.2) is 59.2 Å². The van der Waals surface area contributed by atoms with Crippen LogP contribution < -0.4 is 4.74 Å². The van der Waals surface area contributed by atoms with E-state index in [2.05, 4.69) is 6.08 Å². The van der Waals surface area contributed by atoms with E-state index < -0.39 is 18.5 Å². The van der Waals surface area contributed by atoms with Gasteiger partial charge in [0.25, 0.3) is 5.91 Å². The number of hydrogen-bond acceptors (Lipinski definition) is 5. The van der Waals surface area contributed by atoms with Crippen molar-refractivity contribution < 1.29 is 28.9 Å². The third kappa shape index (κ3) is 3.76. The molecule has 2 aliphatic heterocycles. The summed E-state index contributed by atoms with van der Waals surface area (Å²) in [5, 5.41) is 9.45. The number of carbonyl (C=O) groups excluding carboxylic acids is 1. The zero-order valence-corrected chi connectivity index (χ0v) is 19.0. The van der Waals surface area contributed by atoms with Gasteiger partial charge >= 0.3 is 5.97 Å². The third-order valence-electron chi connectivity index (χ3n) is 6.22. The van der Waals surface area contributed by atoms with Crippen molar-refractivity contribution in [3.05, 3.63) is 64.8 Å². The smallest absolute Gasteiger partial charge is 0.307 e. The van der Waals surface area contributed by atoms with Crippen LogP contribution in [0.4, 0.5) is 0 Å². The lowest BCUT2D eigenvalue weighted by molar-refractivity contribution is -0.155. The highest BCUT2D eigenvalue weighted by Crippen LogP contribution is 2.47. The van der Waals surface area contributed by atoms with Crippen LogP contribution in [0.5, 0.6) is 5.75 Å². The largest absolute Gasteiger partial charge is 0.498 e. The highest BCUT2D eigenvalue weighted by Gasteiger charge is 2.49. The van der Waals surface area contributed by atoms with Crippen LogP contribution in [0.2, 0.25) is 0 Å². The number of nitrogens with zero attached hydrogens (tertiary/aromatic N) is 1. The molecule has 1 aromatic carbocycles. The predicted octanol–water partition coefficient (Wildman–Crippen LogP) is 3.98. The Kier molecular flexibility index (Phi) is 5.53. The fourth-order valence-electron chi connectivity index (χ4n) is 4.49. The highest BCUT2D eigenvalue weighted by molar-refractivity contribution is 5.89. The molecule has 0 spiro atoms. The first-order chi connectivity index (χ1) is 15.1. The maximum Gasteiger partial charge on any atom is 0.307 e. The summed E-state index contributed by atoms with van der Waals surface area (Å²) in [7, 11) is 1.61. The van der Waals surface area contributed by atoms with E-state index in [1.807, 2.05) is 52.0 Å². The lowest BCUT2D eigenvalue weighted by Gasteiger charge is -2.46. The Morgan fingerprint density at radius 3 is 2.72 bits per heavy atom. The van der Waals surface area contributed by atoms with E-state index in [1.165, 1.54) is 0 Å². The van der Waals surface area contributed by atoms with Gasteiger partial charge < -0.3 is 19.3 Å². The number of carboxylic acids is 1. The van der Waals surface area contributed by atoms with Gasteiger partial charge in [-0.1, -0.05) is 39.0 Å². The van der Waals surface area contributed by atoms with Crippen LogP contribution in [0, 0.1) is 5.41 Å². The molecule has 3 aliphatic rings. The van der Waals surface area contributed by atoms with Gasteiger partial charge in [0.2, 0.25) is 0 Å². The van der Waals surface area contributed by atoms with Crippen LogP contribution in [0.3, 0.4) is 0 Å². The molecule has 170 valence electrons. The first-order valence-electron chi connectivity index (χ1n) is 10.7. The molecule has 0 fully saturated rings. The molecule has 32 heavy (non-hydrogen) atoms. The molecule has 1 N–H and O–H groups in total. The minimum Gasteiger partial charge on any atom is -0.498 e. The van der Waals surface area contributed by atoms with Gasteiger partial charge in [0.05, 0.1) is 37.4 Å². The summed E-state index contributed by atoms with van der Waals surface area (Å²) in [4.78, 5) is 26.8. The first kappa shape index (κ1) is 22.0. The number of hydrogen-bond donors (Lipinski definition) is 1. The number of benzene rings is 1. The zero-order valence-electron chi connectivity index (χ0n) is 19.0. The van der Waals surface area contributed by atoms with E-state index in [-0.39, 0.29) is 23.3 Å². The number of allylic oxidation sites excluding steroid dienone is 2. The molecule has 4 rings (SSSR count). The fourth-order valence-corrected chi connectivity index (χ4v) is 4.49. The highest BCUT2D eigenvalue weighted by atomic mass is 16.5. The van der Waals surface area contributed by atoms with Crippen LogP contribution >= 0.6 is 0 Å². The summed E-state index contributed by atoms with van der Waals surface area (Å²) < 4.78 is 17.5. The minimum atomic E-state index is -1.10. The standard InChI is InChI=1S/C25H29NO6/c1-14-9-17(15-7-6-8-16(10-15)30-5)23-22-18(14)12-31-13-20(25(2,3)4)26(22)24(29)19(32-23)11-21(27)28/h6-10,12,17,19-20H,11,13H2,1-5H3,(H,27,28)/t17-,19-,20+/m1/s1. The molecule has 0 aromatic heterocycles. The molecule has 3 atom stereocenters. The maximum absolute atomic E-state index is 13.6. The second-order valence-electron chi connectivity index (χ2n) is 9.48. The van der Waals surface area contributed by atoms with E-state index in [0.29, 0.717) is 23.8 Å². The fraction of sp³-hybridized carbons (Fsp3) is 0.440. The van der Waals surface area contributed by atoms with Crippen LogP contribution in [-0.4, -0.2) is 47.7 Å². The van der Waals surface area contributed by atoms with Crippen molar-refractivity contribution in [3.63, 3.8) is 0 Å². The van der Waals surface area contributed by atoms with E-state index in [9.17, 15) is 14.7 Å². The van der Waals surface area contributed by atoms with Crippen LogP contribution in [0.25, 0.3) is 0 Å². The van der Waals surface area contributed by atoms with Gasteiger partial charge in [-0.3, -0.25) is 14.5 Å². The molecule has 2 heterocycles. The number of rotatable bonds is 4. The molecule has 7 heteroatoms. The van der Waals surface area contributed by atoms with Crippen LogP contribution in [0.1, 0.15) is 45.6 Å². The Bertz CT molecular complexity index is 1040. The average Bonchev–Trinajstić information content (AvgIpc) is 2.94. The first-order valence-corrected chi connectivity index (χ1v) is 10.7. The molecular formula is C25H29NO6. The van der Waals surface area contributed by atoms with Crippen molar-refractivity contribution >= 4 is 11.9 Å². The van der Waals surface area contributed by atoms with Gasteiger partial charge in [0, 0.05) is 5.57 Å². The lowest BCUT2D eigenvalue weighted by Crippen LogP contribution is -2.55. The lowest BCUT2D eigenvalue weighted by atomic mass is 9.81. The zero-order chi connectivity index (χ0) is 23.2. The molecule has 0 saturated heterocycles. The molecular weight excluding hydrogens is 410 g/mol. The number of ether oxygens (including phenoxy) is 3. The van der Waals surface area contributed by atoms with Gasteiger partial charge in [-0.15, -0.1) is 0 Å². The van der Waals surface area contributed by atoms with Crippen molar-refractivity contribution in [2.45, 2.75) is 52.2 Å². The minimum absolute atomic E-state index is 0.286. The summed E-state index contributed by atoms with van der Waals surface area (Å²) >= 11 is 0. The van der Waals surface area contributed by atoms with E-state index in [1.54, 1.807) is 18.3 Å². The van der Waals surface area contributed by atoms with Gasteiger partial charge in [0.15, 0.2) is 6.10 Å². The van der Waals surface area contributed by atoms with Crippen molar-refractivity contribution in [3.8, 4) is 5.75 Å². The molecule has 7 nitrogen and oxygen atoms in total.